The predicted octanol–water partition coefficient (Wildman–Crippen LogP) is 1.70. The molecule has 0 spiro atoms. The Balaban J connectivity index is 1.67. The van der Waals surface area contributed by atoms with Gasteiger partial charge < -0.3 is 20.0 Å². The average Bonchev–Trinajstić information content (AvgIpc) is 3.26. The summed E-state index contributed by atoms with van der Waals surface area (Å²) in [5.41, 5.74) is 0.857. The van der Waals surface area contributed by atoms with Crippen LogP contribution in [0.3, 0.4) is 0 Å². The Kier molecular flexibility index (Phi) is 7.97. The van der Waals surface area contributed by atoms with Crippen LogP contribution < -0.4 is 10.6 Å². The third-order valence-corrected chi connectivity index (χ3v) is 4.95. The predicted molar refractivity (Wildman–Crippen MR) is 105 cm³/mol. The molecule has 0 aromatic carbocycles. The van der Waals surface area contributed by atoms with E-state index in [2.05, 4.69) is 39.4 Å². The Hall–Kier alpha value is -2.02. The molecule has 1 saturated heterocycles. The highest BCUT2D eigenvalue weighted by atomic mass is 16.3. The van der Waals surface area contributed by atoms with Gasteiger partial charge in [-0.2, -0.15) is 0 Å². The molecule has 7 nitrogen and oxygen atoms in total. The summed E-state index contributed by atoms with van der Waals surface area (Å²) in [6.45, 7) is 8.75. The third kappa shape index (κ3) is 5.49. The molecule has 1 aromatic heterocycles. The van der Waals surface area contributed by atoms with Crippen molar-refractivity contribution in [1.82, 2.24) is 20.4 Å². The zero-order valence-corrected chi connectivity index (χ0v) is 16.5. The standard InChI is InChI=1S/C19H33N5O2/c1-5-24-12-6-8-16(24)14-23(4)19(20-3)22-11-7-10-21-18(25)17-15(2)9-13-26-17/h9,13,16H,5-8,10-12,14H2,1-4H3,(H,20,22)(H,21,25). The summed E-state index contributed by atoms with van der Waals surface area (Å²) in [5.74, 6) is 1.14. The van der Waals surface area contributed by atoms with Crippen LogP contribution in [-0.2, 0) is 0 Å². The second kappa shape index (κ2) is 10.2. The smallest absolute Gasteiger partial charge is 0.287 e. The zero-order chi connectivity index (χ0) is 18.9. The number of hydrogen-bond donors (Lipinski definition) is 2. The molecule has 1 aliphatic rings. The highest BCUT2D eigenvalue weighted by Crippen LogP contribution is 2.17. The minimum absolute atomic E-state index is 0.158. The molecular weight excluding hydrogens is 330 g/mol. The molecule has 0 bridgehead atoms. The SMILES string of the molecule is CCN1CCCC1CN(C)C(=NC)NCCCNC(=O)c1occc1C. The van der Waals surface area contributed by atoms with Crippen molar-refractivity contribution >= 4 is 11.9 Å². The first-order valence-electron chi connectivity index (χ1n) is 9.55. The van der Waals surface area contributed by atoms with Crippen LogP contribution in [0.25, 0.3) is 0 Å². The molecule has 26 heavy (non-hydrogen) atoms. The van der Waals surface area contributed by atoms with Gasteiger partial charge in [0.15, 0.2) is 11.7 Å². The van der Waals surface area contributed by atoms with Gasteiger partial charge in [0.25, 0.3) is 5.91 Å². The normalized spacial score (nSPS) is 18.2. The number of amides is 1. The molecule has 7 heteroatoms. The summed E-state index contributed by atoms with van der Waals surface area (Å²) in [5, 5.41) is 6.26. The van der Waals surface area contributed by atoms with Crippen LogP contribution in [0.5, 0.6) is 0 Å². The van der Waals surface area contributed by atoms with Crippen LogP contribution in [0, 0.1) is 6.92 Å². The van der Waals surface area contributed by atoms with E-state index < -0.39 is 0 Å². The molecule has 1 amide bonds. The molecule has 1 unspecified atom stereocenters. The van der Waals surface area contributed by atoms with Crippen LogP contribution in [0.15, 0.2) is 21.7 Å². The lowest BCUT2D eigenvalue weighted by Crippen LogP contribution is -2.46. The topological polar surface area (TPSA) is 73.1 Å². The van der Waals surface area contributed by atoms with Gasteiger partial charge in [0.1, 0.15) is 0 Å². The van der Waals surface area contributed by atoms with Crippen molar-refractivity contribution in [2.24, 2.45) is 4.99 Å². The molecule has 146 valence electrons. The second-order valence-electron chi connectivity index (χ2n) is 6.82. The van der Waals surface area contributed by atoms with E-state index >= 15 is 0 Å². The summed E-state index contributed by atoms with van der Waals surface area (Å²) in [6, 6.07) is 2.40. The fourth-order valence-corrected chi connectivity index (χ4v) is 3.48. The maximum Gasteiger partial charge on any atom is 0.287 e. The minimum atomic E-state index is -0.158. The Morgan fingerprint density at radius 3 is 2.85 bits per heavy atom. The van der Waals surface area contributed by atoms with Crippen molar-refractivity contribution < 1.29 is 9.21 Å². The van der Waals surface area contributed by atoms with Crippen molar-refractivity contribution in [3.63, 3.8) is 0 Å². The molecule has 0 aliphatic carbocycles. The van der Waals surface area contributed by atoms with Gasteiger partial charge in [0.2, 0.25) is 0 Å². The van der Waals surface area contributed by atoms with Gasteiger partial charge in [-0.1, -0.05) is 6.92 Å². The van der Waals surface area contributed by atoms with E-state index in [0.717, 1.165) is 37.6 Å². The molecule has 2 N–H and O–H groups in total. The number of aliphatic imine (C=N–C) groups is 1. The molecule has 2 heterocycles. The van der Waals surface area contributed by atoms with E-state index in [-0.39, 0.29) is 5.91 Å². The van der Waals surface area contributed by atoms with Gasteiger partial charge in [-0.05, 0) is 45.3 Å². The van der Waals surface area contributed by atoms with E-state index in [9.17, 15) is 4.79 Å². The Morgan fingerprint density at radius 1 is 1.42 bits per heavy atom. The maximum absolute atomic E-state index is 12.0. The lowest BCUT2D eigenvalue weighted by atomic mass is 10.2. The van der Waals surface area contributed by atoms with Gasteiger partial charge in [-0.15, -0.1) is 0 Å². The highest BCUT2D eigenvalue weighted by molar-refractivity contribution is 5.92. The van der Waals surface area contributed by atoms with Gasteiger partial charge in [0.05, 0.1) is 6.26 Å². The van der Waals surface area contributed by atoms with Gasteiger partial charge in [-0.3, -0.25) is 14.7 Å². The average molecular weight is 364 g/mol. The van der Waals surface area contributed by atoms with Crippen molar-refractivity contribution in [3.8, 4) is 0 Å². The van der Waals surface area contributed by atoms with Crippen molar-refractivity contribution in [1.29, 1.82) is 0 Å². The lowest BCUT2D eigenvalue weighted by molar-refractivity contribution is 0.0925. The summed E-state index contributed by atoms with van der Waals surface area (Å²) >= 11 is 0. The Morgan fingerprint density at radius 2 is 2.19 bits per heavy atom. The van der Waals surface area contributed by atoms with E-state index in [1.54, 1.807) is 6.07 Å². The number of likely N-dealkylation sites (N-methyl/N-ethyl adjacent to an activating group) is 2. The summed E-state index contributed by atoms with van der Waals surface area (Å²) < 4.78 is 5.19. The Labute approximate surface area is 156 Å². The Bertz CT molecular complexity index is 599. The van der Waals surface area contributed by atoms with Crippen molar-refractivity contribution in [2.45, 2.75) is 39.2 Å². The highest BCUT2D eigenvalue weighted by Gasteiger charge is 2.24. The summed E-state index contributed by atoms with van der Waals surface area (Å²) in [7, 11) is 3.90. The second-order valence-corrected chi connectivity index (χ2v) is 6.82. The largest absolute Gasteiger partial charge is 0.459 e. The molecular formula is C19H33N5O2. The molecule has 0 saturated carbocycles. The van der Waals surface area contributed by atoms with Gasteiger partial charge >= 0.3 is 0 Å². The van der Waals surface area contributed by atoms with Crippen LogP contribution in [0.2, 0.25) is 0 Å². The first kappa shape index (κ1) is 20.3. The number of nitrogens with zero attached hydrogens (tertiary/aromatic N) is 3. The first-order chi connectivity index (χ1) is 12.6. The fraction of sp³-hybridized carbons (Fsp3) is 0.684. The first-order valence-corrected chi connectivity index (χ1v) is 9.55. The van der Waals surface area contributed by atoms with Crippen LogP contribution in [0.4, 0.5) is 0 Å². The summed E-state index contributed by atoms with van der Waals surface area (Å²) in [6.07, 6.45) is 4.90. The van der Waals surface area contributed by atoms with E-state index in [1.807, 2.05) is 14.0 Å². The number of hydrogen-bond acceptors (Lipinski definition) is 4. The number of rotatable bonds is 8. The number of nitrogens with one attached hydrogen (secondary N) is 2. The fourth-order valence-electron chi connectivity index (χ4n) is 3.48. The lowest BCUT2D eigenvalue weighted by Gasteiger charge is -2.29. The molecule has 1 aromatic rings. The van der Waals surface area contributed by atoms with Crippen LogP contribution in [0.1, 0.15) is 42.3 Å². The van der Waals surface area contributed by atoms with Gasteiger partial charge in [-0.25, -0.2) is 0 Å². The number of likely N-dealkylation sites (tertiary alicyclic amines) is 1. The molecule has 1 atom stereocenters. The number of furan rings is 1. The van der Waals surface area contributed by atoms with Crippen LogP contribution >= 0.6 is 0 Å². The van der Waals surface area contributed by atoms with Crippen LogP contribution in [-0.4, -0.2) is 74.5 Å². The molecule has 2 rings (SSSR count). The van der Waals surface area contributed by atoms with Gasteiger partial charge in [0, 0.05) is 45.3 Å². The minimum Gasteiger partial charge on any atom is -0.459 e. The number of aryl methyl sites for hydroxylation is 1. The quantitative estimate of drug-likeness (QED) is 0.418. The number of carbonyl (C=O) groups excluding carboxylic acids is 1. The molecule has 1 fully saturated rings. The number of carbonyl (C=O) groups is 1. The van der Waals surface area contributed by atoms with Crippen molar-refractivity contribution in [3.05, 3.63) is 23.7 Å². The third-order valence-electron chi connectivity index (χ3n) is 4.95. The molecule has 0 radical (unpaired) electrons. The monoisotopic (exact) mass is 363 g/mol. The van der Waals surface area contributed by atoms with E-state index in [0.29, 0.717) is 18.3 Å². The van der Waals surface area contributed by atoms with E-state index in [1.165, 1.54) is 25.6 Å². The van der Waals surface area contributed by atoms with E-state index in [4.69, 9.17) is 4.42 Å². The number of guanidine groups is 1. The molecule has 1 aliphatic heterocycles. The van der Waals surface area contributed by atoms with Crippen molar-refractivity contribution in [2.75, 3.05) is 46.8 Å². The zero-order valence-electron chi connectivity index (χ0n) is 16.5. The summed E-state index contributed by atoms with van der Waals surface area (Å²) in [4.78, 5) is 21.1. The maximum atomic E-state index is 12.0.